The van der Waals surface area contributed by atoms with E-state index in [2.05, 4.69) is 37.1 Å². The molecule has 0 spiro atoms. The molecule has 1 aliphatic rings. The van der Waals surface area contributed by atoms with Gasteiger partial charge in [0.25, 0.3) is 0 Å². The quantitative estimate of drug-likeness (QED) is 0.701. The Hall–Kier alpha value is -1.52. The maximum absolute atomic E-state index is 5.10. The maximum Gasteiger partial charge on any atom is 0.0466 e. The summed E-state index contributed by atoms with van der Waals surface area (Å²) in [6, 6.07) is 8.39. The van der Waals surface area contributed by atoms with Crippen LogP contribution in [0.4, 0.5) is 0 Å². The van der Waals surface area contributed by atoms with Gasteiger partial charge in [-0.05, 0) is 42.5 Å². The Balaban J connectivity index is 0.000000239. The van der Waals surface area contributed by atoms with E-state index in [9.17, 15) is 0 Å². The molecule has 0 bridgehead atoms. The minimum absolute atomic E-state index is 1.00. The first-order valence-electron chi connectivity index (χ1n) is 6.16. The van der Waals surface area contributed by atoms with Gasteiger partial charge in [-0.3, -0.25) is 0 Å². The first-order chi connectivity index (χ1) is 8.36. The van der Waals surface area contributed by atoms with Crippen LogP contribution in [0.15, 0.2) is 30.3 Å². The molecule has 0 unspecified atom stereocenters. The molecule has 90 valence electrons. The van der Waals surface area contributed by atoms with Crippen LogP contribution < -0.4 is 0 Å². The lowest BCUT2D eigenvalue weighted by atomic mass is 10.1. The van der Waals surface area contributed by atoms with Crippen LogP contribution in [0.5, 0.6) is 0 Å². The third kappa shape index (κ3) is 5.94. The van der Waals surface area contributed by atoms with Gasteiger partial charge in [0.1, 0.15) is 0 Å². The predicted molar refractivity (Wildman–Crippen MR) is 73.7 cm³/mol. The van der Waals surface area contributed by atoms with Crippen LogP contribution in [-0.4, -0.2) is 13.2 Å². The molecule has 17 heavy (non-hydrogen) atoms. The molecular formula is C16H20O. The molecule has 1 aliphatic heterocycles. The minimum atomic E-state index is 1.00. The highest BCUT2D eigenvalue weighted by atomic mass is 16.5. The van der Waals surface area contributed by atoms with Crippen LogP contribution in [0.25, 0.3) is 6.08 Å². The van der Waals surface area contributed by atoms with Crippen molar-refractivity contribution < 1.29 is 4.74 Å². The van der Waals surface area contributed by atoms with Crippen molar-refractivity contribution >= 4 is 6.08 Å². The summed E-state index contributed by atoms with van der Waals surface area (Å²) in [6.07, 6.45) is 12.4. The second kappa shape index (κ2) is 8.61. The van der Waals surface area contributed by atoms with Crippen molar-refractivity contribution in [2.45, 2.75) is 26.2 Å². The number of allylic oxidation sites excluding steroid dienone is 1. The molecule has 1 aromatic carbocycles. The SMILES string of the molecule is C#CC=Cc1ccc(CC)cc1.C1CCOC1. The fourth-order valence-electron chi connectivity index (χ4n) is 1.52. The summed E-state index contributed by atoms with van der Waals surface area (Å²) in [5.41, 5.74) is 2.51. The lowest BCUT2D eigenvalue weighted by Crippen LogP contribution is -1.78. The topological polar surface area (TPSA) is 9.23 Å². The average molecular weight is 228 g/mol. The van der Waals surface area contributed by atoms with E-state index >= 15 is 0 Å². The van der Waals surface area contributed by atoms with E-state index < -0.39 is 0 Å². The highest BCUT2D eigenvalue weighted by Crippen LogP contribution is 2.06. The summed E-state index contributed by atoms with van der Waals surface area (Å²) in [5, 5.41) is 0. The molecule has 1 fully saturated rings. The molecule has 0 saturated carbocycles. The van der Waals surface area contributed by atoms with Gasteiger partial charge in [-0.2, -0.15) is 0 Å². The number of ether oxygens (including phenoxy) is 1. The minimum Gasteiger partial charge on any atom is -0.381 e. The Morgan fingerprint density at radius 1 is 1.24 bits per heavy atom. The van der Waals surface area contributed by atoms with Crippen LogP contribution in [0.3, 0.4) is 0 Å². The zero-order chi connectivity index (χ0) is 12.3. The molecule has 2 rings (SSSR count). The van der Waals surface area contributed by atoms with Crippen molar-refractivity contribution in [1.82, 2.24) is 0 Å². The normalized spacial score (nSPS) is 14.1. The van der Waals surface area contributed by atoms with Gasteiger partial charge >= 0.3 is 0 Å². The predicted octanol–water partition coefficient (Wildman–Crippen LogP) is 3.69. The first-order valence-corrected chi connectivity index (χ1v) is 6.16. The summed E-state index contributed by atoms with van der Waals surface area (Å²) < 4.78 is 4.94. The highest BCUT2D eigenvalue weighted by molar-refractivity contribution is 5.52. The third-order valence-electron chi connectivity index (χ3n) is 2.59. The number of aryl methyl sites for hydroxylation is 1. The lowest BCUT2D eigenvalue weighted by Gasteiger charge is -1.95. The van der Waals surface area contributed by atoms with E-state index in [1.54, 1.807) is 6.08 Å². The van der Waals surface area contributed by atoms with Crippen LogP contribution in [-0.2, 0) is 11.2 Å². The Kier molecular flexibility index (Phi) is 6.86. The number of terminal acetylenes is 1. The van der Waals surface area contributed by atoms with E-state index in [0.29, 0.717) is 0 Å². The standard InChI is InChI=1S/C12H12.C4H8O/c1-3-5-6-12-9-7-11(4-2)8-10-12;1-2-4-5-3-1/h1,5-10H,4H2,2H3;1-4H2. The van der Waals surface area contributed by atoms with Gasteiger partial charge in [0, 0.05) is 13.2 Å². The van der Waals surface area contributed by atoms with Gasteiger partial charge in [-0.15, -0.1) is 6.42 Å². The van der Waals surface area contributed by atoms with Crippen molar-refractivity contribution in [1.29, 1.82) is 0 Å². The molecule has 0 amide bonds. The van der Waals surface area contributed by atoms with Gasteiger partial charge in [-0.25, -0.2) is 0 Å². The molecule has 0 N–H and O–H groups in total. The molecule has 0 aliphatic carbocycles. The zero-order valence-corrected chi connectivity index (χ0v) is 10.5. The van der Waals surface area contributed by atoms with E-state index in [-0.39, 0.29) is 0 Å². The Morgan fingerprint density at radius 3 is 2.29 bits per heavy atom. The van der Waals surface area contributed by atoms with Crippen LogP contribution in [0.2, 0.25) is 0 Å². The third-order valence-corrected chi connectivity index (χ3v) is 2.59. The molecule has 1 heterocycles. The van der Waals surface area contributed by atoms with E-state index in [1.807, 2.05) is 6.08 Å². The molecule has 1 saturated heterocycles. The van der Waals surface area contributed by atoms with Crippen LogP contribution in [0, 0.1) is 12.3 Å². The first kappa shape index (κ1) is 13.5. The molecule has 1 nitrogen and oxygen atoms in total. The van der Waals surface area contributed by atoms with Crippen LogP contribution in [0.1, 0.15) is 30.9 Å². The Bertz CT molecular complexity index is 356. The van der Waals surface area contributed by atoms with Gasteiger partial charge < -0.3 is 4.74 Å². The summed E-state index contributed by atoms with van der Waals surface area (Å²) in [6.45, 7) is 4.15. The van der Waals surface area contributed by atoms with E-state index in [0.717, 1.165) is 25.2 Å². The molecular weight excluding hydrogens is 208 g/mol. The van der Waals surface area contributed by atoms with Gasteiger partial charge in [0.15, 0.2) is 0 Å². The maximum atomic E-state index is 5.10. The summed E-state index contributed by atoms with van der Waals surface area (Å²) in [5.74, 6) is 2.46. The molecule has 1 aromatic rings. The summed E-state index contributed by atoms with van der Waals surface area (Å²) >= 11 is 0. The van der Waals surface area contributed by atoms with Gasteiger partial charge in [-0.1, -0.05) is 37.1 Å². The van der Waals surface area contributed by atoms with Crippen molar-refractivity contribution in [3.63, 3.8) is 0 Å². The van der Waals surface area contributed by atoms with Crippen LogP contribution >= 0.6 is 0 Å². The Labute approximate surface area is 105 Å². The molecule has 0 aromatic heterocycles. The molecule has 0 radical (unpaired) electrons. The van der Waals surface area contributed by atoms with Crippen molar-refractivity contribution in [2.75, 3.05) is 13.2 Å². The van der Waals surface area contributed by atoms with Crippen molar-refractivity contribution in [3.8, 4) is 12.3 Å². The van der Waals surface area contributed by atoms with Crippen molar-refractivity contribution in [3.05, 3.63) is 41.5 Å². The Morgan fingerprint density at radius 2 is 1.88 bits per heavy atom. The zero-order valence-electron chi connectivity index (χ0n) is 10.5. The molecule has 0 atom stereocenters. The molecule has 1 heteroatoms. The number of benzene rings is 1. The van der Waals surface area contributed by atoms with E-state index in [4.69, 9.17) is 11.2 Å². The summed E-state index contributed by atoms with van der Waals surface area (Å²) in [7, 11) is 0. The number of hydrogen-bond acceptors (Lipinski definition) is 1. The van der Waals surface area contributed by atoms with E-state index in [1.165, 1.54) is 18.4 Å². The number of hydrogen-bond donors (Lipinski definition) is 0. The fraction of sp³-hybridized carbons (Fsp3) is 0.375. The fourth-order valence-corrected chi connectivity index (χ4v) is 1.52. The monoisotopic (exact) mass is 228 g/mol. The van der Waals surface area contributed by atoms with Crippen molar-refractivity contribution in [2.24, 2.45) is 0 Å². The highest BCUT2D eigenvalue weighted by Gasteiger charge is 1.94. The van der Waals surface area contributed by atoms with Gasteiger partial charge in [0.05, 0.1) is 0 Å². The largest absolute Gasteiger partial charge is 0.381 e. The van der Waals surface area contributed by atoms with Gasteiger partial charge in [0.2, 0.25) is 0 Å². The average Bonchev–Trinajstić information content (AvgIpc) is 2.96. The second-order valence-corrected chi connectivity index (χ2v) is 3.91. The summed E-state index contributed by atoms with van der Waals surface area (Å²) in [4.78, 5) is 0. The number of rotatable bonds is 2. The smallest absolute Gasteiger partial charge is 0.0466 e. The lowest BCUT2D eigenvalue weighted by molar-refractivity contribution is 0.198. The second-order valence-electron chi connectivity index (χ2n) is 3.91.